The predicted molar refractivity (Wildman–Crippen MR) is 88.8 cm³/mol. The van der Waals surface area contributed by atoms with E-state index in [0.29, 0.717) is 12.6 Å². The Kier molecular flexibility index (Phi) is 5.08. The third-order valence-electron chi connectivity index (χ3n) is 4.80. The standard InChI is InChI=1S/C18H25N3O2/c1-3-11-21-12-9-16-15(21)7-8-17(23-16)18(22)20(2)13-14-6-4-5-10-19-14/h3-6,10,15-17H,1,7-9,11-13H2,2H3/t15-,16-,17+/m1/s1. The maximum atomic E-state index is 12.6. The first kappa shape index (κ1) is 16.1. The van der Waals surface area contributed by atoms with Gasteiger partial charge in [-0.1, -0.05) is 12.1 Å². The molecule has 0 bridgehead atoms. The van der Waals surface area contributed by atoms with Gasteiger partial charge < -0.3 is 9.64 Å². The molecule has 1 aromatic rings. The summed E-state index contributed by atoms with van der Waals surface area (Å²) in [7, 11) is 1.82. The lowest BCUT2D eigenvalue weighted by atomic mass is 9.98. The van der Waals surface area contributed by atoms with Crippen LogP contribution in [0.3, 0.4) is 0 Å². The number of ether oxygens (including phenoxy) is 1. The van der Waals surface area contributed by atoms with Crippen molar-refractivity contribution < 1.29 is 9.53 Å². The molecule has 3 atom stereocenters. The molecule has 0 unspecified atom stereocenters. The summed E-state index contributed by atoms with van der Waals surface area (Å²) in [6, 6.07) is 6.20. The van der Waals surface area contributed by atoms with Crippen molar-refractivity contribution in [1.29, 1.82) is 0 Å². The van der Waals surface area contributed by atoms with Crippen LogP contribution in [0, 0.1) is 0 Å². The maximum Gasteiger partial charge on any atom is 0.251 e. The normalized spacial score (nSPS) is 27.4. The largest absolute Gasteiger partial charge is 0.363 e. The predicted octanol–water partition coefficient (Wildman–Crippen LogP) is 1.85. The SMILES string of the molecule is C=CCN1CC[C@H]2O[C@H](C(=O)N(C)Cc3ccccn3)CC[C@H]21. The number of nitrogens with zero attached hydrogens (tertiary/aromatic N) is 3. The van der Waals surface area contributed by atoms with Crippen LogP contribution in [0.2, 0.25) is 0 Å². The van der Waals surface area contributed by atoms with Crippen molar-refractivity contribution in [2.75, 3.05) is 20.1 Å². The summed E-state index contributed by atoms with van der Waals surface area (Å²) in [6.07, 6.45) is 6.38. The molecule has 3 heterocycles. The Morgan fingerprint density at radius 3 is 3.09 bits per heavy atom. The molecule has 2 saturated heterocycles. The Morgan fingerprint density at radius 1 is 1.48 bits per heavy atom. The molecule has 0 N–H and O–H groups in total. The number of hydrogen-bond donors (Lipinski definition) is 0. The van der Waals surface area contributed by atoms with Crippen molar-refractivity contribution in [3.63, 3.8) is 0 Å². The fourth-order valence-electron chi connectivity index (χ4n) is 3.65. The van der Waals surface area contributed by atoms with Gasteiger partial charge in [-0.05, 0) is 31.4 Å². The lowest BCUT2D eigenvalue weighted by Gasteiger charge is -2.36. The van der Waals surface area contributed by atoms with Crippen LogP contribution in [-0.2, 0) is 16.1 Å². The van der Waals surface area contributed by atoms with E-state index in [1.807, 2.05) is 31.3 Å². The van der Waals surface area contributed by atoms with Gasteiger partial charge in [0, 0.05) is 32.4 Å². The van der Waals surface area contributed by atoms with Gasteiger partial charge in [0.15, 0.2) is 0 Å². The molecule has 1 amide bonds. The number of fused-ring (bicyclic) bond motifs is 1. The van der Waals surface area contributed by atoms with Crippen molar-refractivity contribution in [2.45, 2.75) is 44.1 Å². The van der Waals surface area contributed by atoms with Crippen LogP contribution in [0.4, 0.5) is 0 Å². The highest BCUT2D eigenvalue weighted by molar-refractivity contribution is 5.80. The van der Waals surface area contributed by atoms with Crippen LogP contribution in [0.5, 0.6) is 0 Å². The zero-order chi connectivity index (χ0) is 16.2. The smallest absolute Gasteiger partial charge is 0.251 e. The van der Waals surface area contributed by atoms with Crippen molar-refractivity contribution in [3.8, 4) is 0 Å². The molecule has 0 saturated carbocycles. The molecule has 1 aromatic heterocycles. The molecule has 2 aliphatic rings. The van der Waals surface area contributed by atoms with Gasteiger partial charge in [0.25, 0.3) is 5.91 Å². The molecule has 0 aliphatic carbocycles. The average molecular weight is 315 g/mol. The molecule has 0 aromatic carbocycles. The van der Waals surface area contributed by atoms with Gasteiger partial charge in [0.1, 0.15) is 6.10 Å². The minimum Gasteiger partial charge on any atom is -0.363 e. The van der Waals surface area contributed by atoms with Crippen LogP contribution in [0.15, 0.2) is 37.1 Å². The van der Waals surface area contributed by atoms with Gasteiger partial charge in [-0.15, -0.1) is 6.58 Å². The molecule has 0 radical (unpaired) electrons. The Bertz CT molecular complexity index is 548. The monoisotopic (exact) mass is 315 g/mol. The number of aromatic nitrogens is 1. The van der Waals surface area contributed by atoms with Gasteiger partial charge in [-0.25, -0.2) is 0 Å². The molecule has 124 valence electrons. The van der Waals surface area contributed by atoms with Crippen molar-refractivity contribution in [1.82, 2.24) is 14.8 Å². The molecule has 23 heavy (non-hydrogen) atoms. The summed E-state index contributed by atoms with van der Waals surface area (Å²) in [5.74, 6) is 0.0660. The van der Waals surface area contributed by atoms with Crippen molar-refractivity contribution in [3.05, 3.63) is 42.7 Å². The first-order chi connectivity index (χ1) is 11.2. The number of rotatable bonds is 5. The van der Waals surface area contributed by atoms with E-state index in [2.05, 4.69) is 16.5 Å². The van der Waals surface area contributed by atoms with Crippen LogP contribution < -0.4 is 0 Å². The third kappa shape index (κ3) is 3.62. The van der Waals surface area contributed by atoms with Gasteiger partial charge in [-0.3, -0.25) is 14.7 Å². The summed E-state index contributed by atoms with van der Waals surface area (Å²) >= 11 is 0. The van der Waals surface area contributed by atoms with E-state index in [1.165, 1.54) is 0 Å². The summed E-state index contributed by atoms with van der Waals surface area (Å²) in [5, 5.41) is 0. The number of amides is 1. The second-order valence-corrected chi connectivity index (χ2v) is 6.40. The summed E-state index contributed by atoms with van der Waals surface area (Å²) < 4.78 is 6.12. The quantitative estimate of drug-likeness (QED) is 0.778. The lowest BCUT2D eigenvalue weighted by Crippen LogP contribution is -2.48. The van der Waals surface area contributed by atoms with Crippen LogP contribution in [-0.4, -0.2) is 59.1 Å². The zero-order valence-corrected chi connectivity index (χ0v) is 13.7. The first-order valence-electron chi connectivity index (χ1n) is 8.34. The minimum absolute atomic E-state index is 0.0660. The molecular weight excluding hydrogens is 290 g/mol. The van der Waals surface area contributed by atoms with E-state index in [9.17, 15) is 4.79 Å². The van der Waals surface area contributed by atoms with E-state index in [-0.39, 0.29) is 18.1 Å². The average Bonchev–Trinajstić information content (AvgIpc) is 2.98. The van der Waals surface area contributed by atoms with E-state index >= 15 is 0 Å². The summed E-state index contributed by atoms with van der Waals surface area (Å²) in [4.78, 5) is 21.1. The van der Waals surface area contributed by atoms with E-state index in [4.69, 9.17) is 4.74 Å². The number of carbonyl (C=O) groups is 1. The molecule has 3 rings (SSSR count). The zero-order valence-electron chi connectivity index (χ0n) is 13.7. The second kappa shape index (κ2) is 7.23. The molecule has 2 aliphatic heterocycles. The molecule has 0 spiro atoms. The van der Waals surface area contributed by atoms with E-state index in [0.717, 1.165) is 38.0 Å². The highest BCUT2D eigenvalue weighted by Crippen LogP contribution is 2.31. The third-order valence-corrected chi connectivity index (χ3v) is 4.80. The van der Waals surface area contributed by atoms with Crippen molar-refractivity contribution in [2.24, 2.45) is 0 Å². The van der Waals surface area contributed by atoms with Crippen molar-refractivity contribution >= 4 is 5.91 Å². The Balaban J connectivity index is 1.56. The maximum absolute atomic E-state index is 12.6. The van der Waals surface area contributed by atoms with Gasteiger partial charge >= 0.3 is 0 Å². The lowest BCUT2D eigenvalue weighted by molar-refractivity contribution is -0.153. The molecular formula is C18H25N3O2. The van der Waals surface area contributed by atoms with Crippen LogP contribution in [0.1, 0.15) is 25.0 Å². The number of carbonyl (C=O) groups excluding carboxylic acids is 1. The molecule has 5 nitrogen and oxygen atoms in total. The Labute approximate surface area is 137 Å². The highest BCUT2D eigenvalue weighted by Gasteiger charge is 2.41. The minimum atomic E-state index is -0.311. The molecule has 2 fully saturated rings. The Hall–Kier alpha value is -1.72. The van der Waals surface area contributed by atoms with Crippen LogP contribution in [0.25, 0.3) is 0 Å². The van der Waals surface area contributed by atoms with Gasteiger partial charge in [0.2, 0.25) is 0 Å². The van der Waals surface area contributed by atoms with E-state index in [1.54, 1.807) is 11.1 Å². The fourth-order valence-corrected chi connectivity index (χ4v) is 3.65. The highest BCUT2D eigenvalue weighted by atomic mass is 16.5. The van der Waals surface area contributed by atoms with E-state index < -0.39 is 0 Å². The second-order valence-electron chi connectivity index (χ2n) is 6.40. The summed E-state index contributed by atoms with van der Waals surface area (Å²) in [5.41, 5.74) is 0.898. The number of likely N-dealkylation sites (N-methyl/N-ethyl adjacent to an activating group) is 1. The molecule has 5 heteroatoms. The van der Waals surface area contributed by atoms with Gasteiger partial charge in [0.05, 0.1) is 18.3 Å². The number of likely N-dealkylation sites (tertiary alicyclic amines) is 1. The fraction of sp³-hybridized carbons (Fsp3) is 0.556. The number of pyridine rings is 1. The van der Waals surface area contributed by atoms with Crippen LogP contribution >= 0.6 is 0 Å². The Morgan fingerprint density at radius 2 is 2.35 bits per heavy atom. The number of hydrogen-bond acceptors (Lipinski definition) is 4. The topological polar surface area (TPSA) is 45.7 Å². The van der Waals surface area contributed by atoms with Gasteiger partial charge in [-0.2, -0.15) is 0 Å². The first-order valence-corrected chi connectivity index (χ1v) is 8.34. The summed E-state index contributed by atoms with van der Waals surface area (Å²) in [6.45, 7) is 6.28.